The third kappa shape index (κ3) is 3.88. The highest BCUT2D eigenvalue weighted by atomic mass is 16.7. The predicted molar refractivity (Wildman–Crippen MR) is 138 cm³/mol. The fraction of sp³-hybridized carbons (Fsp3) is 0.900. The largest absolute Gasteiger partial charge is 0.458 e. The van der Waals surface area contributed by atoms with Crippen molar-refractivity contribution < 1.29 is 39.4 Å². The van der Waals surface area contributed by atoms with Crippen LogP contribution in [0, 0.1) is 34.5 Å². The van der Waals surface area contributed by atoms with Crippen molar-refractivity contribution in [3.63, 3.8) is 0 Å². The lowest BCUT2D eigenvalue weighted by molar-refractivity contribution is -0.313. The van der Waals surface area contributed by atoms with E-state index in [2.05, 4.69) is 13.8 Å². The molecule has 4 aliphatic carbocycles. The number of rotatable bonds is 4. The molecule has 0 radical (unpaired) electrons. The van der Waals surface area contributed by atoms with Gasteiger partial charge in [-0.3, -0.25) is 0 Å². The summed E-state index contributed by atoms with van der Waals surface area (Å²) in [5.74, 6) is 1.13. The van der Waals surface area contributed by atoms with E-state index in [4.69, 9.17) is 14.2 Å². The van der Waals surface area contributed by atoms with Crippen LogP contribution in [0.1, 0.15) is 85.0 Å². The smallest absolute Gasteiger partial charge is 0.331 e. The predicted octanol–water partition coefficient (Wildman–Crippen LogP) is 2.85. The fourth-order valence-electron chi connectivity index (χ4n) is 10.1. The lowest BCUT2D eigenvalue weighted by Crippen LogP contribution is -2.62. The van der Waals surface area contributed by atoms with E-state index in [0.29, 0.717) is 24.9 Å². The molecule has 1 saturated heterocycles. The second-order valence-electron chi connectivity index (χ2n) is 13.7. The fourth-order valence-corrected chi connectivity index (χ4v) is 10.1. The molecule has 6 aliphatic rings. The molecule has 0 aromatic rings. The Bertz CT molecular complexity index is 966. The molecule has 2 heterocycles. The molecule has 0 unspecified atom stereocenters. The molecule has 8 nitrogen and oxygen atoms in total. The zero-order chi connectivity index (χ0) is 27.0. The first-order valence-electron chi connectivity index (χ1n) is 15.0. The van der Waals surface area contributed by atoms with Crippen LogP contribution in [0.2, 0.25) is 0 Å². The maximum atomic E-state index is 12.4. The Hall–Kier alpha value is -1.03. The summed E-state index contributed by atoms with van der Waals surface area (Å²) in [6, 6.07) is 0. The molecule has 0 spiro atoms. The van der Waals surface area contributed by atoms with Crippen molar-refractivity contribution >= 4 is 5.97 Å². The Morgan fingerprint density at radius 3 is 2.47 bits per heavy atom. The molecule has 0 aromatic heterocycles. The van der Waals surface area contributed by atoms with Crippen LogP contribution >= 0.6 is 0 Å². The minimum absolute atomic E-state index is 0.0659. The summed E-state index contributed by atoms with van der Waals surface area (Å²) in [7, 11) is 0. The van der Waals surface area contributed by atoms with E-state index in [9.17, 15) is 25.2 Å². The Labute approximate surface area is 225 Å². The summed E-state index contributed by atoms with van der Waals surface area (Å²) >= 11 is 0. The molecule has 13 atom stereocenters. The van der Waals surface area contributed by atoms with Crippen molar-refractivity contribution in [3.8, 4) is 0 Å². The summed E-state index contributed by atoms with van der Waals surface area (Å²) in [5, 5.41) is 43.4. The first kappa shape index (κ1) is 27.2. The zero-order valence-corrected chi connectivity index (χ0v) is 23.1. The molecule has 4 N–H and O–H groups in total. The number of aliphatic hydroxyl groups excluding tert-OH is 3. The minimum atomic E-state index is -1.28. The third-order valence-electron chi connectivity index (χ3n) is 12.3. The van der Waals surface area contributed by atoms with Crippen LogP contribution in [-0.4, -0.2) is 75.4 Å². The Kier molecular flexibility index (Phi) is 6.80. The second-order valence-corrected chi connectivity index (χ2v) is 13.7. The molecule has 0 aromatic carbocycles. The van der Waals surface area contributed by atoms with Crippen molar-refractivity contribution in [1.82, 2.24) is 0 Å². The number of ether oxygens (including phenoxy) is 3. The molecule has 6 rings (SSSR count). The van der Waals surface area contributed by atoms with Crippen molar-refractivity contribution in [1.29, 1.82) is 0 Å². The van der Waals surface area contributed by atoms with Crippen LogP contribution < -0.4 is 0 Å². The Balaban J connectivity index is 1.15. The summed E-state index contributed by atoms with van der Waals surface area (Å²) < 4.78 is 17.4. The van der Waals surface area contributed by atoms with Crippen molar-refractivity contribution in [2.75, 3.05) is 6.61 Å². The topological polar surface area (TPSA) is 126 Å². The molecule has 0 bridgehead atoms. The molecule has 214 valence electrons. The lowest BCUT2D eigenvalue weighted by Gasteiger charge is -2.64. The summed E-state index contributed by atoms with van der Waals surface area (Å²) in [6.07, 6.45) is 5.50. The van der Waals surface area contributed by atoms with Gasteiger partial charge in [0.2, 0.25) is 0 Å². The van der Waals surface area contributed by atoms with Gasteiger partial charge in [0, 0.05) is 11.5 Å². The van der Waals surface area contributed by atoms with E-state index < -0.39 is 36.3 Å². The highest BCUT2D eigenvalue weighted by molar-refractivity contribution is 5.85. The third-order valence-corrected chi connectivity index (χ3v) is 12.3. The highest BCUT2D eigenvalue weighted by Gasteiger charge is 2.67. The van der Waals surface area contributed by atoms with Crippen molar-refractivity contribution in [3.05, 3.63) is 11.6 Å². The van der Waals surface area contributed by atoms with Gasteiger partial charge in [-0.25, -0.2) is 4.79 Å². The van der Waals surface area contributed by atoms with E-state index >= 15 is 0 Å². The van der Waals surface area contributed by atoms with E-state index in [1.165, 1.54) is 0 Å². The van der Waals surface area contributed by atoms with E-state index in [-0.39, 0.29) is 34.7 Å². The zero-order valence-electron chi connectivity index (χ0n) is 23.1. The summed E-state index contributed by atoms with van der Waals surface area (Å²) in [6.45, 7) is 6.94. The van der Waals surface area contributed by atoms with Crippen LogP contribution in [0.3, 0.4) is 0 Å². The van der Waals surface area contributed by atoms with Crippen LogP contribution in [0.25, 0.3) is 0 Å². The Morgan fingerprint density at radius 1 is 0.974 bits per heavy atom. The maximum Gasteiger partial charge on any atom is 0.331 e. The molecule has 4 saturated carbocycles. The van der Waals surface area contributed by atoms with Gasteiger partial charge in [-0.1, -0.05) is 20.8 Å². The van der Waals surface area contributed by atoms with Gasteiger partial charge in [0.1, 0.15) is 24.9 Å². The average molecular weight is 535 g/mol. The molecule has 0 amide bonds. The van der Waals surface area contributed by atoms with Crippen LogP contribution in [0.15, 0.2) is 11.6 Å². The van der Waals surface area contributed by atoms with Crippen LogP contribution in [0.4, 0.5) is 0 Å². The average Bonchev–Trinajstić information content (AvgIpc) is 3.44. The molecular weight excluding hydrogens is 488 g/mol. The first-order chi connectivity index (χ1) is 18.0. The molecule has 2 aliphatic heterocycles. The number of aliphatic hydroxyl groups is 4. The number of hydrogen-bond donors (Lipinski definition) is 4. The highest BCUT2D eigenvalue weighted by Crippen LogP contribution is 2.70. The van der Waals surface area contributed by atoms with Gasteiger partial charge in [0.05, 0.1) is 17.8 Å². The number of fused-ring (bicyclic) bond motifs is 5. The molecule has 8 heteroatoms. The Morgan fingerprint density at radius 2 is 1.76 bits per heavy atom. The van der Waals surface area contributed by atoms with Gasteiger partial charge in [-0.2, -0.15) is 0 Å². The van der Waals surface area contributed by atoms with Crippen LogP contribution in [-0.2, 0) is 19.0 Å². The summed E-state index contributed by atoms with van der Waals surface area (Å²) in [5.41, 5.74) is 0.241. The van der Waals surface area contributed by atoms with E-state index in [0.717, 1.165) is 63.4 Å². The maximum absolute atomic E-state index is 12.4. The van der Waals surface area contributed by atoms with E-state index in [1.807, 2.05) is 6.92 Å². The number of esters is 1. The van der Waals surface area contributed by atoms with Gasteiger partial charge in [-0.05, 0) is 98.9 Å². The first-order valence-corrected chi connectivity index (χ1v) is 15.0. The van der Waals surface area contributed by atoms with Crippen LogP contribution in [0.5, 0.6) is 0 Å². The number of carbonyl (C=O) groups excluding carboxylic acids is 1. The second kappa shape index (κ2) is 9.52. The normalized spacial score (nSPS) is 54.5. The van der Waals surface area contributed by atoms with Gasteiger partial charge in [-0.15, -0.1) is 0 Å². The van der Waals surface area contributed by atoms with Gasteiger partial charge in [0.15, 0.2) is 6.29 Å². The SMILES string of the molecule is CC[C@@H]1O[C@@H](O[C@H]2CC[C@@]3(C)[C@H](CC[C@@H]4[C@@H]3CC[C@]3(C)[C@@H](C5=CC(=O)OC5)CC[C@]43O)C2)[C@H](O)[C@H](O)[C@H]1O. The number of carbonyl (C=O) groups is 1. The van der Waals surface area contributed by atoms with E-state index in [1.54, 1.807) is 6.08 Å². The molecule has 38 heavy (non-hydrogen) atoms. The molecule has 5 fully saturated rings. The lowest BCUT2D eigenvalue weighted by atomic mass is 9.43. The van der Waals surface area contributed by atoms with Gasteiger partial charge < -0.3 is 34.6 Å². The van der Waals surface area contributed by atoms with Gasteiger partial charge >= 0.3 is 5.97 Å². The monoisotopic (exact) mass is 534 g/mol. The molecular formula is C30H46O8. The minimum Gasteiger partial charge on any atom is -0.458 e. The van der Waals surface area contributed by atoms with Crippen molar-refractivity contribution in [2.45, 2.75) is 127 Å². The van der Waals surface area contributed by atoms with Gasteiger partial charge in [0.25, 0.3) is 0 Å². The number of hydrogen-bond acceptors (Lipinski definition) is 8. The summed E-state index contributed by atoms with van der Waals surface area (Å²) in [4.78, 5) is 11.8. The quantitative estimate of drug-likeness (QED) is 0.321. The standard InChI is InChI=1S/C30H46O8/c1-4-22-24(32)25(33)26(34)27(38-22)37-18-7-10-28(2)17(14-18)5-6-21-20(28)8-11-29(3)19(9-12-30(21,29)35)16-13-23(31)36-15-16/h13,17-22,24-27,32-35H,4-12,14-15H2,1-3H3/t17-,18+,19-,20+,21-,22+,24+,25-,26-,27-,28+,29-,30+/m1/s1. The van der Waals surface area contributed by atoms with Crippen molar-refractivity contribution in [2.24, 2.45) is 34.5 Å². The number of cyclic esters (lactones) is 1.